The highest BCUT2D eigenvalue weighted by atomic mass is 32.2. The maximum Gasteiger partial charge on any atom is 0.236 e. The Morgan fingerprint density at radius 2 is 2.47 bits per heavy atom. The van der Waals surface area contributed by atoms with Crippen LogP contribution in [-0.4, -0.2) is 47.3 Å². The lowest BCUT2D eigenvalue weighted by molar-refractivity contribution is -0.132. The number of aromatic nitrogens is 1. The predicted molar refractivity (Wildman–Crippen MR) is 76.2 cm³/mol. The van der Waals surface area contributed by atoms with Crippen LogP contribution in [0.2, 0.25) is 0 Å². The second-order valence-electron chi connectivity index (χ2n) is 4.71. The van der Waals surface area contributed by atoms with Gasteiger partial charge in [-0.2, -0.15) is 0 Å². The average Bonchev–Trinajstić information content (AvgIpc) is 2.87. The molecule has 19 heavy (non-hydrogen) atoms. The second kappa shape index (κ2) is 6.91. The lowest BCUT2D eigenvalue weighted by Gasteiger charge is -2.26. The van der Waals surface area contributed by atoms with Gasteiger partial charge in [-0.1, -0.05) is 17.8 Å². The summed E-state index contributed by atoms with van der Waals surface area (Å²) in [4.78, 5) is 18.7. The van der Waals surface area contributed by atoms with Crippen molar-refractivity contribution >= 4 is 17.7 Å². The number of amides is 1. The van der Waals surface area contributed by atoms with Crippen LogP contribution >= 0.6 is 11.8 Å². The van der Waals surface area contributed by atoms with Gasteiger partial charge in [0.25, 0.3) is 0 Å². The number of likely N-dealkylation sites (tertiary alicyclic amines) is 1. The van der Waals surface area contributed by atoms with Crippen molar-refractivity contribution < 1.29 is 9.53 Å². The van der Waals surface area contributed by atoms with E-state index in [1.807, 2.05) is 30.0 Å². The molecular formula is C14H20N2O2S. The Kier molecular flexibility index (Phi) is 5.22. The molecule has 0 unspecified atom stereocenters. The molecule has 0 saturated carbocycles. The van der Waals surface area contributed by atoms with E-state index in [2.05, 4.69) is 4.98 Å². The molecule has 1 aliphatic rings. The van der Waals surface area contributed by atoms with Crippen molar-refractivity contribution in [1.82, 2.24) is 9.88 Å². The summed E-state index contributed by atoms with van der Waals surface area (Å²) in [6.07, 6.45) is 3.87. The quantitative estimate of drug-likeness (QED) is 0.776. The molecule has 1 amide bonds. The molecule has 1 aliphatic heterocycles. The molecule has 5 heteroatoms. The summed E-state index contributed by atoms with van der Waals surface area (Å²) < 4.78 is 5.19. The fraction of sp³-hybridized carbons (Fsp3) is 0.571. The molecule has 2 rings (SSSR count). The zero-order chi connectivity index (χ0) is 13.7. The molecule has 104 valence electrons. The van der Waals surface area contributed by atoms with Gasteiger partial charge in [0.2, 0.25) is 5.91 Å². The van der Waals surface area contributed by atoms with Crippen molar-refractivity contribution in [3.63, 3.8) is 0 Å². The van der Waals surface area contributed by atoms with Gasteiger partial charge >= 0.3 is 0 Å². The van der Waals surface area contributed by atoms with Crippen LogP contribution in [0.1, 0.15) is 19.8 Å². The van der Waals surface area contributed by atoms with E-state index in [1.165, 1.54) is 11.8 Å². The van der Waals surface area contributed by atoms with Crippen molar-refractivity contribution in [2.24, 2.45) is 0 Å². The fourth-order valence-electron chi connectivity index (χ4n) is 2.37. The van der Waals surface area contributed by atoms with E-state index in [0.29, 0.717) is 6.61 Å². The molecule has 0 spiro atoms. The topological polar surface area (TPSA) is 42.4 Å². The summed E-state index contributed by atoms with van der Waals surface area (Å²) in [5.74, 6) is 0.190. The Morgan fingerprint density at radius 3 is 3.16 bits per heavy atom. The summed E-state index contributed by atoms with van der Waals surface area (Å²) in [6, 6.07) is 6.00. The zero-order valence-corrected chi connectivity index (χ0v) is 12.2. The van der Waals surface area contributed by atoms with Crippen LogP contribution in [0, 0.1) is 0 Å². The van der Waals surface area contributed by atoms with Crippen molar-refractivity contribution in [2.75, 3.05) is 20.3 Å². The maximum absolute atomic E-state index is 12.5. The van der Waals surface area contributed by atoms with Gasteiger partial charge in [-0.25, -0.2) is 4.98 Å². The Labute approximate surface area is 118 Å². The van der Waals surface area contributed by atoms with Crippen LogP contribution in [0.5, 0.6) is 0 Å². The van der Waals surface area contributed by atoms with Crippen molar-refractivity contribution in [1.29, 1.82) is 0 Å². The first-order valence-corrected chi connectivity index (χ1v) is 7.47. The van der Waals surface area contributed by atoms with Gasteiger partial charge in [-0.3, -0.25) is 4.79 Å². The van der Waals surface area contributed by atoms with Crippen LogP contribution in [-0.2, 0) is 9.53 Å². The van der Waals surface area contributed by atoms with E-state index in [1.54, 1.807) is 13.3 Å². The number of carbonyl (C=O) groups is 1. The van der Waals surface area contributed by atoms with Crippen LogP contribution in [0.25, 0.3) is 0 Å². The number of rotatable bonds is 5. The summed E-state index contributed by atoms with van der Waals surface area (Å²) >= 11 is 1.52. The average molecular weight is 280 g/mol. The molecule has 0 radical (unpaired) electrons. The zero-order valence-electron chi connectivity index (χ0n) is 11.4. The Morgan fingerprint density at radius 1 is 1.63 bits per heavy atom. The van der Waals surface area contributed by atoms with Crippen LogP contribution in [0.3, 0.4) is 0 Å². The summed E-state index contributed by atoms with van der Waals surface area (Å²) in [5.41, 5.74) is 0. The Balaban J connectivity index is 1.95. The minimum absolute atomic E-state index is 0.104. The summed E-state index contributed by atoms with van der Waals surface area (Å²) in [5, 5.41) is 0.790. The highest BCUT2D eigenvalue weighted by molar-refractivity contribution is 8.00. The highest BCUT2D eigenvalue weighted by Crippen LogP contribution is 2.26. The lowest BCUT2D eigenvalue weighted by Crippen LogP contribution is -2.42. The molecule has 1 fully saturated rings. The summed E-state index contributed by atoms with van der Waals surface area (Å²) in [6.45, 7) is 3.43. The molecule has 0 N–H and O–H groups in total. The number of methoxy groups -OCH3 is 1. The summed E-state index contributed by atoms with van der Waals surface area (Å²) in [7, 11) is 1.69. The van der Waals surface area contributed by atoms with Crippen molar-refractivity contribution in [3.05, 3.63) is 24.4 Å². The van der Waals surface area contributed by atoms with Gasteiger partial charge in [0, 0.05) is 19.9 Å². The molecule has 0 aromatic carbocycles. The second-order valence-corrected chi connectivity index (χ2v) is 6.07. The van der Waals surface area contributed by atoms with Crippen LogP contribution < -0.4 is 0 Å². The van der Waals surface area contributed by atoms with E-state index in [9.17, 15) is 4.79 Å². The third-order valence-corrected chi connectivity index (χ3v) is 4.34. The van der Waals surface area contributed by atoms with Crippen molar-refractivity contribution in [2.45, 2.75) is 36.1 Å². The van der Waals surface area contributed by atoms with Gasteiger partial charge in [0.1, 0.15) is 0 Å². The largest absolute Gasteiger partial charge is 0.383 e. The number of hydrogen-bond acceptors (Lipinski definition) is 4. The number of carbonyl (C=O) groups excluding carboxylic acids is 1. The maximum atomic E-state index is 12.5. The van der Waals surface area contributed by atoms with Gasteiger partial charge in [-0.05, 0) is 31.9 Å². The third-order valence-electron chi connectivity index (χ3n) is 3.30. The van der Waals surface area contributed by atoms with Gasteiger partial charge < -0.3 is 9.64 Å². The number of ether oxygens (including phenoxy) is 1. The Bertz CT molecular complexity index is 413. The van der Waals surface area contributed by atoms with Gasteiger partial charge in [0.05, 0.1) is 22.9 Å². The molecule has 4 nitrogen and oxygen atoms in total. The smallest absolute Gasteiger partial charge is 0.236 e. The number of nitrogens with zero attached hydrogens (tertiary/aromatic N) is 2. The number of pyridine rings is 1. The standard InChI is InChI=1S/C14H20N2O2S/c1-11(19-13-7-3-4-8-15-13)14(17)16-9-5-6-12(16)10-18-2/h3-4,7-8,11-12H,5-6,9-10H2,1-2H3/t11-,12-/m0/s1. The lowest BCUT2D eigenvalue weighted by atomic mass is 10.2. The predicted octanol–water partition coefficient (Wildman–Crippen LogP) is 2.20. The molecule has 2 heterocycles. The van der Waals surface area contributed by atoms with E-state index in [-0.39, 0.29) is 17.2 Å². The minimum atomic E-state index is -0.104. The Hall–Kier alpha value is -1.07. The normalized spacial score (nSPS) is 20.5. The first-order chi connectivity index (χ1) is 9.22. The van der Waals surface area contributed by atoms with Crippen LogP contribution in [0.4, 0.5) is 0 Å². The first-order valence-electron chi connectivity index (χ1n) is 6.59. The third kappa shape index (κ3) is 3.70. The molecular weight excluding hydrogens is 260 g/mol. The molecule has 1 aromatic rings. The SMILES string of the molecule is COC[C@@H]1CCCN1C(=O)[C@H](C)Sc1ccccn1. The molecule has 0 bridgehead atoms. The molecule has 0 aliphatic carbocycles. The van der Waals surface area contributed by atoms with E-state index in [0.717, 1.165) is 24.4 Å². The number of thioether (sulfide) groups is 1. The fourth-order valence-corrected chi connectivity index (χ4v) is 3.25. The number of hydrogen-bond donors (Lipinski definition) is 0. The van der Waals surface area contributed by atoms with Gasteiger partial charge in [0.15, 0.2) is 0 Å². The highest BCUT2D eigenvalue weighted by Gasteiger charge is 2.31. The molecule has 2 atom stereocenters. The van der Waals surface area contributed by atoms with Crippen LogP contribution in [0.15, 0.2) is 29.4 Å². The van der Waals surface area contributed by atoms with E-state index >= 15 is 0 Å². The minimum Gasteiger partial charge on any atom is -0.383 e. The van der Waals surface area contributed by atoms with E-state index in [4.69, 9.17) is 4.74 Å². The first kappa shape index (κ1) is 14.3. The molecule has 1 saturated heterocycles. The monoisotopic (exact) mass is 280 g/mol. The molecule has 1 aromatic heterocycles. The van der Waals surface area contributed by atoms with Gasteiger partial charge in [-0.15, -0.1) is 0 Å². The van der Waals surface area contributed by atoms with Crippen molar-refractivity contribution in [3.8, 4) is 0 Å². The van der Waals surface area contributed by atoms with E-state index < -0.39 is 0 Å².